The summed E-state index contributed by atoms with van der Waals surface area (Å²) in [5.41, 5.74) is 12.0. The van der Waals surface area contributed by atoms with E-state index >= 15 is 0 Å². The van der Waals surface area contributed by atoms with Crippen LogP contribution in [0.5, 0.6) is 23.0 Å². The second-order valence-corrected chi connectivity index (χ2v) is 19.8. The summed E-state index contributed by atoms with van der Waals surface area (Å²) in [5.74, 6) is 4.93. The number of fused-ring (bicyclic) bond motifs is 10. The third-order valence-corrected chi connectivity index (χ3v) is 13.0. The highest BCUT2D eigenvalue weighted by Crippen LogP contribution is 2.66. The first-order valence-corrected chi connectivity index (χ1v) is 22.2. The van der Waals surface area contributed by atoms with E-state index in [1.165, 1.54) is 55.6 Å². The predicted octanol–water partition coefficient (Wildman–Crippen LogP) is 14.3. The number of hydrogen-bond donors (Lipinski definition) is 0. The minimum Gasteiger partial charge on any atom is -0.489 e. The highest BCUT2D eigenvalue weighted by atomic mass is 16.5. The van der Waals surface area contributed by atoms with Gasteiger partial charge in [0, 0.05) is 0 Å². The lowest BCUT2D eigenvalue weighted by atomic mass is 9.68. The van der Waals surface area contributed by atoms with Gasteiger partial charge < -0.3 is 18.9 Å². The smallest absolute Gasteiger partial charge is 0.161 e. The molecule has 0 aliphatic heterocycles. The van der Waals surface area contributed by atoms with Crippen LogP contribution in [0.1, 0.15) is 156 Å². The monoisotopic (exact) mass is 773 g/mol. The number of hydrogen-bond acceptors (Lipinski definition) is 4. The molecule has 0 aromatic heterocycles. The van der Waals surface area contributed by atoms with Gasteiger partial charge in [-0.15, -0.1) is 0 Å². The summed E-state index contributed by atoms with van der Waals surface area (Å²) in [6.45, 7) is 34.4. The zero-order valence-electron chi connectivity index (χ0n) is 37.9. The topological polar surface area (TPSA) is 36.9 Å². The standard InChI is InChI=1S/C53H72O4/c1-15-33(5)29-54-47-25-41-42-26-48(55-30-34(6)16-2)50(57-32-36(8)18-4)28-46(42)53(45(41)27-49(47)56-31-35(7)17-3)43-23-37(51(9,10)11)19-21-39(43)40-22-20-38(24-44(40)53)52(12,13)14/h19-28,33-36H,15-18,29-32H2,1-14H3. The predicted molar refractivity (Wildman–Crippen MR) is 240 cm³/mol. The fourth-order valence-corrected chi connectivity index (χ4v) is 8.02. The summed E-state index contributed by atoms with van der Waals surface area (Å²) < 4.78 is 27.2. The quantitative estimate of drug-likeness (QED) is 0.0982. The van der Waals surface area contributed by atoms with Gasteiger partial charge in [-0.1, -0.05) is 159 Å². The summed E-state index contributed by atoms with van der Waals surface area (Å²) in [7, 11) is 0. The maximum absolute atomic E-state index is 6.84. The van der Waals surface area contributed by atoms with E-state index in [9.17, 15) is 0 Å². The average molecular weight is 773 g/mol. The molecule has 4 aromatic carbocycles. The zero-order valence-corrected chi connectivity index (χ0v) is 37.9. The third kappa shape index (κ3) is 8.22. The largest absolute Gasteiger partial charge is 0.489 e. The Morgan fingerprint density at radius 1 is 0.404 bits per heavy atom. The van der Waals surface area contributed by atoms with Crippen molar-refractivity contribution in [2.24, 2.45) is 23.7 Å². The van der Waals surface area contributed by atoms with Crippen LogP contribution in [-0.4, -0.2) is 26.4 Å². The summed E-state index contributed by atoms with van der Waals surface area (Å²) in [5, 5.41) is 0. The molecule has 1 spiro atoms. The normalized spacial score (nSPS) is 16.0. The van der Waals surface area contributed by atoms with Crippen LogP contribution in [0, 0.1) is 23.7 Å². The van der Waals surface area contributed by atoms with Gasteiger partial charge in [0.15, 0.2) is 23.0 Å². The molecule has 4 unspecified atom stereocenters. The molecule has 57 heavy (non-hydrogen) atoms. The molecule has 308 valence electrons. The minimum absolute atomic E-state index is 0.0394. The van der Waals surface area contributed by atoms with Gasteiger partial charge in [-0.05, 0) is 114 Å². The van der Waals surface area contributed by atoms with Crippen LogP contribution in [0.25, 0.3) is 22.3 Å². The van der Waals surface area contributed by atoms with E-state index in [2.05, 4.69) is 158 Å². The lowest BCUT2D eigenvalue weighted by Crippen LogP contribution is -2.28. The van der Waals surface area contributed by atoms with Gasteiger partial charge in [0.1, 0.15) is 0 Å². The van der Waals surface area contributed by atoms with Crippen molar-refractivity contribution in [3.05, 3.63) is 94.0 Å². The van der Waals surface area contributed by atoms with Crippen molar-refractivity contribution in [1.29, 1.82) is 0 Å². The van der Waals surface area contributed by atoms with Crippen molar-refractivity contribution in [1.82, 2.24) is 0 Å². The van der Waals surface area contributed by atoms with E-state index in [0.717, 1.165) is 48.7 Å². The molecule has 0 amide bonds. The maximum Gasteiger partial charge on any atom is 0.161 e. The minimum atomic E-state index is -0.620. The summed E-state index contributed by atoms with van der Waals surface area (Å²) in [6, 6.07) is 23.7. The Kier molecular flexibility index (Phi) is 12.5. The van der Waals surface area contributed by atoms with Crippen LogP contribution in [-0.2, 0) is 16.2 Å². The molecule has 0 N–H and O–H groups in total. The van der Waals surface area contributed by atoms with E-state index in [4.69, 9.17) is 18.9 Å². The molecule has 0 fully saturated rings. The lowest BCUT2D eigenvalue weighted by Gasteiger charge is -2.33. The zero-order chi connectivity index (χ0) is 41.4. The van der Waals surface area contributed by atoms with Gasteiger partial charge in [-0.2, -0.15) is 0 Å². The van der Waals surface area contributed by atoms with Crippen molar-refractivity contribution >= 4 is 0 Å². The Morgan fingerprint density at radius 2 is 0.684 bits per heavy atom. The fraction of sp³-hybridized carbons (Fsp3) is 0.547. The van der Waals surface area contributed by atoms with Crippen molar-refractivity contribution in [2.45, 2.75) is 139 Å². The molecule has 0 saturated heterocycles. The van der Waals surface area contributed by atoms with Crippen molar-refractivity contribution in [3.8, 4) is 45.3 Å². The molecule has 0 radical (unpaired) electrons. The first-order valence-electron chi connectivity index (χ1n) is 22.2. The highest BCUT2D eigenvalue weighted by Gasteiger charge is 2.53. The third-order valence-electron chi connectivity index (χ3n) is 13.0. The van der Waals surface area contributed by atoms with Crippen molar-refractivity contribution in [3.63, 3.8) is 0 Å². The second kappa shape index (κ2) is 16.7. The molecule has 0 saturated carbocycles. The Balaban J connectivity index is 1.75. The van der Waals surface area contributed by atoms with Crippen LogP contribution < -0.4 is 18.9 Å². The van der Waals surface area contributed by atoms with Gasteiger partial charge in [0.2, 0.25) is 0 Å². The van der Waals surface area contributed by atoms with Gasteiger partial charge in [-0.25, -0.2) is 0 Å². The molecule has 4 aromatic rings. The van der Waals surface area contributed by atoms with Crippen LogP contribution in [0.4, 0.5) is 0 Å². The summed E-state index contributed by atoms with van der Waals surface area (Å²) in [6.07, 6.45) is 4.20. The SMILES string of the molecule is CCC(C)COc1cc2c(cc1OCC(C)CC)C1(c3cc(C(C)(C)C)ccc3-c3ccc(C(C)(C)C)cc31)c1cc(OCC(C)CC)c(OCC(C)CC)cc1-2. The van der Waals surface area contributed by atoms with Gasteiger partial charge >= 0.3 is 0 Å². The Hall–Kier alpha value is -3.92. The maximum atomic E-state index is 6.84. The molecule has 6 rings (SSSR count). The second-order valence-electron chi connectivity index (χ2n) is 19.8. The number of rotatable bonds is 16. The van der Waals surface area contributed by atoms with Crippen LogP contribution in [0.2, 0.25) is 0 Å². The van der Waals surface area contributed by atoms with Crippen molar-refractivity contribution in [2.75, 3.05) is 26.4 Å². The molecule has 4 heteroatoms. The summed E-state index contributed by atoms with van der Waals surface area (Å²) in [4.78, 5) is 0. The van der Waals surface area contributed by atoms with E-state index in [0.29, 0.717) is 50.1 Å². The van der Waals surface area contributed by atoms with Crippen LogP contribution >= 0.6 is 0 Å². The first kappa shape index (κ1) is 42.7. The molecule has 2 aliphatic rings. The Bertz CT molecular complexity index is 1890. The number of ether oxygens (including phenoxy) is 4. The molecular formula is C53H72O4. The first-order chi connectivity index (χ1) is 27.0. The molecular weight excluding hydrogens is 701 g/mol. The average Bonchev–Trinajstić information content (AvgIpc) is 3.63. The van der Waals surface area contributed by atoms with Gasteiger partial charge in [-0.3, -0.25) is 0 Å². The van der Waals surface area contributed by atoms with Gasteiger partial charge in [0.25, 0.3) is 0 Å². The fourth-order valence-electron chi connectivity index (χ4n) is 8.02. The van der Waals surface area contributed by atoms with Crippen LogP contribution in [0.15, 0.2) is 60.7 Å². The van der Waals surface area contributed by atoms with Crippen LogP contribution in [0.3, 0.4) is 0 Å². The Morgan fingerprint density at radius 3 is 0.965 bits per heavy atom. The molecule has 4 atom stereocenters. The summed E-state index contributed by atoms with van der Waals surface area (Å²) >= 11 is 0. The highest BCUT2D eigenvalue weighted by molar-refractivity contribution is 5.97. The van der Waals surface area contributed by atoms with E-state index in [-0.39, 0.29) is 10.8 Å². The molecule has 0 heterocycles. The van der Waals surface area contributed by atoms with E-state index in [1.807, 2.05) is 0 Å². The Labute approximate surface area is 346 Å². The lowest BCUT2D eigenvalue weighted by molar-refractivity contribution is 0.217. The van der Waals surface area contributed by atoms with Gasteiger partial charge in [0.05, 0.1) is 31.8 Å². The molecule has 2 aliphatic carbocycles. The molecule has 0 bridgehead atoms. The van der Waals surface area contributed by atoms with E-state index in [1.54, 1.807) is 0 Å². The van der Waals surface area contributed by atoms with Crippen molar-refractivity contribution < 1.29 is 18.9 Å². The molecule has 4 nitrogen and oxygen atoms in total. The van der Waals surface area contributed by atoms with E-state index < -0.39 is 5.41 Å². The number of benzene rings is 4.